The van der Waals surface area contributed by atoms with Crippen LogP contribution in [0.5, 0.6) is 0 Å². The molecule has 1 aliphatic heterocycles. The van der Waals surface area contributed by atoms with Gasteiger partial charge in [-0.3, -0.25) is 4.79 Å². The second-order valence-corrected chi connectivity index (χ2v) is 3.40. The average Bonchev–Trinajstić information content (AvgIpc) is 2.03. The van der Waals surface area contributed by atoms with Gasteiger partial charge in [-0.25, -0.2) is 0 Å². The third-order valence-corrected chi connectivity index (χ3v) is 2.46. The normalized spacial score (nSPS) is 29.5. The van der Waals surface area contributed by atoms with Crippen LogP contribution < -0.4 is 5.32 Å². The Balaban J connectivity index is 2.05. The summed E-state index contributed by atoms with van der Waals surface area (Å²) in [4.78, 5) is 10.8. The highest BCUT2D eigenvalue weighted by molar-refractivity contribution is 5.85. The third-order valence-electron chi connectivity index (χ3n) is 2.46. The van der Waals surface area contributed by atoms with Gasteiger partial charge in [0.15, 0.2) is 0 Å². The number of β-lactam (4-membered cyclic amide) rings is 1. The van der Waals surface area contributed by atoms with Gasteiger partial charge in [-0.1, -0.05) is 33.1 Å². The molecule has 2 heteroatoms. The lowest BCUT2D eigenvalue weighted by molar-refractivity contribution is -0.134. The molecule has 2 atom stereocenters. The SMILES string of the molecule is CCCCCC1NC(=O)C1C. The first kappa shape index (κ1) is 8.57. The van der Waals surface area contributed by atoms with E-state index in [1.165, 1.54) is 25.7 Å². The smallest absolute Gasteiger partial charge is 0.225 e. The molecule has 0 aromatic heterocycles. The van der Waals surface area contributed by atoms with Crippen LogP contribution in [-0.4, -0.2) is 11.9 Å². The predicted octanol–water partition coefficient (Wildman–Crippen LogP) is 1.70. The van der Waals surface area contributed by atoms with Gasteiger partial charge >= 0.3 is 0 Å². The maximum atomic E-state index is 10.8. The monoisotopic (exact) mass is 155 g/mol. The molecule has 1 aliphatic rings. The lowest BCUT2D eigenvalue weighted by atomic mass is 9.88. The van der Waals surface area contributed by atoms with Gasteiger partial charge in [-0.05, 0) is 6.42 Å². The number of amides is 1. The molecule has 0 saturated carbocycles. The van der Waals surface area contributed by atoms with Crippen LogP contribution in [0.3, 0.4) is 0 Å². The van der Waals surface area contributed by atoms with Crippen LogP contribution in [0.1, 0.15) is 39.5 Å². The van der Waals surface area contributed by atoms with Gasteiger partial charge in [0.05, 0.1) is 5.92 Å². The van der Waals surface area contributed by atoms with E-state index in [4.69, 9.17) is 0 Å². The molecule has 11 heavy (non-hydrogen) atoms. The van der Waals surface area contributed by atoms with Gasteiger partial charge < -0.3 is 5.32 Å². The van der Waals surface area contributed by atoms with Crippen LogP contribution >= 0.6 is 0 Å². The topological polar surface area (TPSA) is 29.1 Å². The molecule has 0 bridgehead atoms. The molecule has 64 valence electrons. The molecular formula is C9H17NO. The lowest BCUT2D eigenvalue weighted by Gasteiger charge is -2.34. The van der Waals surface area contributed by atoms with Crippen molar-refractivity contribution in [1.82, 2.24) is 5.32 Å². The first-order valence-corrected chi connectivity index (χ1v) is 4.56. The van der Waals surface area contributed by atoms with Gasteiger partial charge in [0.25, 0.3) is 0 Å². The number of carbonyl (C=O) groups excluding carboxylic acids is 1. The van der Waals surface area contributed by atoms with E-state index in [-0.39, 0.29) is 11.8 Å². The maximum Gasteiger partial charge on any atom is 0.225 e. The quantitative estimate of drug-likeness (QED) is 0.486. The van der Waals surface area contributed by atoms with Crippen molar-refractivity contribution < 1.29 is 4.79 Å². The molecule has 1 N–H and O–H groups in total. The summed E-state index contributed by atoms with van der Waals surface area (Å²) in [5, 5.41) is 2.91. The number of nitrogens with one attached hydrogen (secondary N) is 1. The summed E-state index contributed by atoms with van der Waals surface area (Å²) in [6.07, 6.45) is 4.97. The molecule has 1 saturated heterocycles. The second-order valence-electron chi connectivity index (χ2n) is 3.40. The Kier molecular flexibility index (Phi) is 2.92. The molecule has 1 fully saturated rings. The Morgan fingerprint density at radius 2 is 2.18 bits per heavy atom. The Bertz CT molecular complexity index is 144. The van der Waals surface area contributed by atoms with Gasteiger partial charge in [-0.2, -0.15) is 0 Å². The highest BCUT2D eigenvalue weighted by Crippen LogP contribution is 2.19. The van der Waals surface area contributed by atoms with Crippen LogP contribution in [0.4, 0.5) is 0 Å². The van der Waals surface area contributed by atoms with Crippen LogP contribution in [0.15, 0.2) is 0 Å². The zero-order valence-electron chi connectivity index (χ0n) is 7.39. The minimum Gasteiger partial charge on any atom is -0.352 e. The first-order valence-electron chi connectivity index (χ1n) is 4.56. The minimum atomic E-state index is 0.228. The van der Waals surface area contributed by atoms with Crippen molar-refractivity contribution in [3.8, 4) is 0 Å². The molecule has 0 aromatic carbocycles. The fourth-order valence-corrected chi connectivity index (χ4v) is 1.46. The Morgan fingerprint density at radius 3 is 2.64 bits per heavy atom. The summed E-state index contributed by atoms with van der Waals surface area (Å²) >= 11 is 0. The maximum absolute atomic E-state index is 10.8. The summed E-state index contributed by atoms with van der Waals surface area (Å²) in [5.74, 6) is 0.498. The average molecular weight is 155 g/mol. The Labute approximate surface area is 68.4 Å². The summed E-state index contributed by atoms with van der Waals surface area (Å²) in [5.41, 5.74) is 0. The third kappa shape index (κ3) is 1.95. The summed E-state index contributed by atoms with van der Waals surface area (Å²) < 4.78 is 0. The van der Waals surface area contributed by atoms with E-state index in [9.17, 15) is 4.79 Å². The van der Waals surface area contributed by atoms with Gasteiger partial charge in [0.1, 0.15) is 0 Å². The van der Waals surface area contributed by atoms with Gasteiger partial charge in [0, 0.05) is 6.04 Å². The van der Waals surface area contributed by atoms with E-state index in [1.54, 1.807) is 0 Å². The summed E-state index contributed by atoms with van der Waals surface area (Å²) in [7, 11) is 0. The molecule has 2 nitrogen and oxygen atoms in total. The standard InChI is InChI=1S/C9H17NO/c1-3-4-5-6-8-7(2)9(11)10-8/h7-8H,3-6H2,1-2H3,(H,10,11). The Morgan fingerprint density at radius 1 is 1.45 bits per heavy atom. The zero-order chi connectivity index (χ0) is 8.27. The fraction of sp³-hybridized carbons (Fsp3) is 0.889. The van der Waals surface area contributed by atoms with Gasteiger partial charge in [-0.15, -0.1) is 0 Å². The van der Waals surface area contributed by atoms with Crippen LogP contribution in [0, 0.1) is 5.92 Å². The van der Waals surface area contributed by atoms with E-state index in [0.29, 0.717) is 6.04 Å². The minimum absolute atomic E-state index is 0.228. The highest BCUT2D eigenvalue weighted by Gasteiger charge is 2.33. The number of unbranched alkanes of at least 4 members (excludes halogenated alkanes) is 2. The van der Waals surface area contributed by atoms with Crippen LogP contribution in [-0.2, 0) is 4.79 Å². The van der Waals surface area contributed by atoms with Crippen molar-refractivity contribution in [2.75, 3.05) is 0 Å². The van der Waals surface area contributed by atoms with Crippen molar-refractivity contribution in [3.63, 3.8) is 0 Å². The zero-order valence-corrected chi connectivity index (χ0v) is 7.39. The van der Waals surface area contributed by atoms with Crippen LogP contribution in [0.2, 0.25) is 0 Å². The van der Waals surface area contributed by atoms with Crippen molar-refractivity contribution in [3.05, 3.63) is 0 Å². The van der Waals surface area contributed by atoms with Crippen molar-refractivity contribution in [2.45, 2.75) is 45.6 Å². The van der Waals surface area contributed by atoms with E-state index in [1.807, 2.05) is 6.92 Å². The largest absolute Gasteiger partial charge is 0.352 e. The molecule has 0 aliphatic carbocycles. The Hall–Kier alpha value is -0.530. The molecule has 1 amide bonds. The van der Waals surface area contributed by atoms with Crippen molar-refractivity contribution in [2.24, 2.45) is 5.92 Å². The fourth-order valence-electron chi connectivity index (χ4n) is 1.46. The van der Waals surface area contributed by atoms with E-state index in [0.717, 1.165) is 0 Å². The number of hydrogen-bond acceptors (Lipinski definition) is 1. The molecule has 1 rings (SSSR count). The summed E-state index contributed by atoms with van der Waals surface area (Å²) in [6.45, 7) is 4.21. The molecule has 1 heterocycles. The molecular weight excluding hydrogens is 138 g/mol. The number of hydrogen-bond donors (Lipinski definition) is 1. The van der Waals surface area contributed by atoms with Crippen LogP contribution in [0.25, 0.3) is 0 Å². The molecule has 0 aromatic rings. The predicted molar refractivity (Wildman–Crippen MR) is 45.2 cm³/mol. The van der Waals surface area contributed by atoms with Crippen molar-refractivity contribution >= 4 is 5.91 Å². The van der Waals surface area contributed by atoms with E-state index in [2.05, 4.69) is 12.2 Å². The molecule has 0 radical (unpaired) electrons. The first-order chi connectivity index (χ1) is 5.25. The van der Waals surface area contributed by atoms with Crippen molar-refractivity contribution in [1.29, 1.82) is 0 Å². The number of carbonyl (C=O) groups is 1. The molecule has 2 unspecified atom stereocenters. The highest BCUT2D eigenvalue weighted by atomic mass is 16.2. The lowest BCUT2D eigenvalue weighted by Crippen LogP contribution is -2.56. The molecule has 0 spiro atoms. The second kappa shape index (κ2) is 3.74. The summed E-state index contributed by atoms with van der Waals surface area (Å²) in [6, 6.07) is 0.481. The van der Waals surface area contributed by atoms with Gasteiger partial charge in [0.2, 0.25) is 5.91 Å². The van der Waals surface area contributed by atoms with E-state index < -0.39 is 0 Å². The van der Waals surface area contributed by atoms with E-state index >= 15 is 0 Å². The number of rotatable bonds is 4.